The number of hydrogen-bond donors (Lipinski definition) is 1. The van der Waals surface area contributed by atoms with E-state index in [1.165, 1.54) is 11.3 Å². The molecule has 2 rings (SSSR count). The van der Waals surface area contributed by atoms with Crippen molar-refractivity contribution in [2.24, 2.45) is 0 Å². The molecule has 0 saturated heterocycles. The summed E-state index contributed by atoms with van der Waals surface area (Å²) in [6.07, 6.45) is 0. The van der Waals surface area contributed by atoms with Crippen LogP contribution in [0.25, 0.3) is 11.3 Å². The summed E-state index contributed by atoms with van der Waals surface area (Å²) in [6.45, 7) is 0. The molecular formula is C9H6Cl2N2S. The first-order valence-electron chi connectivity index (χ1n) is 3.83. The Morgan fingerprint density at radius 2 is 2.07 bits per heavy atom. The van der Waals surface area contributed by atoms with E-state index in [-0.39, 0.29) is 0 Å². The lowest BCUT2D eigenvalue weighted by Crippen LogP contribution is -1.86. The molecule has 0 fully saturated rings. The van der Waals surface area contributed by atoms with Crippen LogP contribution in [-0.2, 0) is 0 Å². The molecule has 0 bridgehead atoms. The van der Waals surface area contributed by atoms with Crippen molar-refractivity contribution in [2.45, 2.75) is 0 Å². The average molecular weight is 245 g/mol. The number of nitrogens with zero attached hydrogens (tertiary/aromatic N) is 1. The Bertz CT molecular complexity index is 468. The zero-order valence-corrected chi connectivity index (χ0v) is 9.33. The van der Waals surface area contributed by atoms with E-state index in [9.17, 15) is 0 Å². The van der Waals surface area contributed by atoms with Crippen molar-refractivity contribution < 1.29 is 0 Å². The predicted molar refractivity (Wildman–Crippen MR) is 62.0 cm³/mol. The van der Waals surface area contributed by atoms with Gasteiger partial charge in [-0.2, -0.15) is 0 Å². The van der Waals surface area contributed by atoms with Crippen LogP contribution in [0.15, 0.2) is 23.7 Å². The van der Waals surface area contributed by atoms with Crippen LogP contribution in [0.4, 0.5) is 5.00 Å². The second-order valence-corrected chi connectivity index (χ2v) is 4.42. The standard InChI is InChI=1S/C9H6Cl2N2S/c10-5-1-2-7(11)6(3-5)8-9(12)14-4-13-8/h1-4H,12H2. The summed E-state index contributed by atoms with van der Waals surface area (Å²) in [7, 11) is 0. The van der Waals surface area contributed by atoms with E-state index in [1.807, 2.05) is 0 Å². The Hall–Kier alpha value is -0.770. The number of anilines is 1. The van der Waals surface area contributed by atoms with Crippen LogP contribution >= 0.6 is 34.5 Å². The summed E-state index contributed by atoms with van der Waals surface area (Å²) >= 11 is 13.3. The molecule has 0 unspecified atom stereocenters. The van der Waals surface area contributed by atoms with E-state index in [0.717, 1.165) is 5.56 Å². The highest BCUT2D eigenvalue weighted by Gasteiger charge is 2.09. The third kappa shape index (κ3) is 1.71. The van der Waals surface area contributed by atoms with Crippen molar-refractivity contribution >= 4 is 39.5 Å². The fraction of sp³-hybridized carbons (Fsp3) is 0. The number of rotatable bonds is 1. The lowest BCUT2D eigenvalue weighted by atomic mass is 10.1. The summed E-state index contributed by atoms with van der Waals surface area (Å²) in [4.78, 5) is 4.14. The molecular weight excluding hydrogens is 239 g/mol. The van der Waals surface area contributed by atoms with Crippen LogP contribution in [0.5, 0.6) is 0 Å². The molecule has 72 valence electrons. The van der Waals surface area contributed by atoms with Crippen LogP contribution in [0.3, 0.4) is 0 Å². The Kier molecular flexibility index (Phi) is 2.63. The van der Waals surface area contributed by atoms with Gasteiger partial charge >= 0.3 is 0 Å². The van der Waals surface area contributed by atoms with Crippen molar-refractivity contribution in [3.8, 4) is 11.3 Å². The van der Waals surface area contributed by atoms with Crippen LogP contribution in [0.1, 0.15) is 0 Å². The minimum absolute atomic E-state index is 0.604. The van der Waals surface area contributed by atoms with E-state index >= 15 is 0 Å². The number of thiazole rings is 1. The maximum absolute atomic E-state index is 6.01. The highest BCUT2D eigenvalue weighted by atomic mass is 35.5. The number of benzene rings is 1. The number of aromatic nitrogens is 1. The molecule has 0 aliphatic carbocycles. The Balaban J connectivity index is 2.62. The lowest BCUT2D eigenvalue weighted by molar-refractivity contribution is 1.41. The molecule has 1 aromatic carbocycles. The lowest BCUT2D eigenvalue weighted by Gasteiger charge is -2.02. The van der Waals surface area contributed by atoms with Crippen molar-refractivity contribution in [3.63, 3.8) is 0 Å². The summed E-state index contributed by atoms with van der Waals surface area (Å²) < 4.78 is 0. The highest BCUT2D eigenvalue weighted by Crippen LogP contribution is 2.34. The summed E-state index contributed by atoms with van der Waals surface area (Å²) in [5, 5.41) is 1.87. The van der Waals surface area contributed by atoms with Crippen LogP contribution in [0, 0.1) is 0 Å². The van der Waals surface area contributed by atoms with Gasteiger partial charge in [-0.1, -0.05) is 23.2 Å². The minimum Gasteiger partial charge on any atom is -0.389 e. The summed E-state index contributed by atoms with van der Waals surface area (Å²) in [5.41, 5.74) is 8.90. The molecule has 0 aliphatic heterocycles. The van der Waals surface area contributed by atoms with Gasteiger partial charge in [-0.25, -0.2) is 4.98 Å². The van der Waals surface area contributed by atoms with Crippen molar-refractivity contribution in [1.29, 1.82) is 0 Å². The second kappa shape index (κ2) is 3.77. The smallest absolute Gasteiger partial charge is 0.114 e. The molecule has 1 heterocycles. The number of nitrogens with two attached hydrogens (primary N) is 1. The molecule has 2 aromatic rings. The first kappa shape index (κ1) is 9.77. The molecule has 14 heavy (non-hydrogen) atoms. The van der Waals surface area contributed by atoms with Crippen LogP contribution < -0.4 is 5.73 Å². The van der Waals surface area contributed by atoms with E-state index in [1.54, 1.807) is 23.7 Å². The van der Waals surface area contributed by atoms with Gasteiger partial charge in [0.1, 0.15) is 10.7 Å². The molecule has 1 aromatic heterocycles. The predicted octanol–water partition coefficient (Wildman–Crippen LogP) is 3.70. The van der Waals surface area contributed by atoms with Crippen LogP contribution in [0.2, 0.25) is 10.0 Å². The van der Waals surface area contributed by atoms with E-state index < -0.39 is 0 Å². The maximum atomic E-state index is 6.01. The maximum Gasteiger partial charge on any atom is 0.114 e. The van der Waals surface area contributed by atoms with Gasteiger partial charge in [-0.3, -0.25) is 0 Å². The SMILES string of the molecule is Nc1scnc1-c1cc(Cl)ccc1Cl. The number of hydrogen-bond acceptors (Lipinski definition) is 3. The first-order chi connectivity index (χ1) is 6.68. The summed E-state index contributed by atoms with van der Waals surface area (Å²) in [6, 6.07) is 5.23. The molecule has 5 heteroatoms. The van der Waals surface area contributed by atoms with Gasteiger partial charge in [-0.05, 0) is 18.2 Å². The quantitative estimate of drug-likeness (QED) is 0.831. The topological polar surface area (TPSA) is 38.9 Å². The fourth-order valence-corrected chi connectivity index (χ4v) is 2.06. The van der Waals surface area contributed by atoms with Gasteiger partial charge in [0.25, 0.3) is 0 Å². The molecule has 2 nitrogen and oxygen atoms in total. The van der Waals surface area contributed by atoms with Gasteiger partial charge in [0.15, 0.2) is 0 Å². The molecule has 0 atom stereocenters. The van der Waals surface area contributed by atoms with E-state index in [0.29, 0.717) is 20.7 Å². The molecule has 0 spiro atoms. The third-order valence-corrected chi connectivity index (χ3v) is 3.00. The van der Waals surface area contributed by atoms with Gasteiger partial charge in [-0.15, -0.1) is 11.3 Å². The average Bonchev–Trinajstić information content (AvgIpc) is 2.56. The van der Waals surface area contributed by atoms with Gasteiger partial charge in [0.05, 0.1) is 10.5 Å². The molecule has 0 aliphatic rings. The largest absolute Gasteiger partial charge is 0.389 e. The molecule has 0 radical (unpaired) electrons. The first-order valence-corrected chi connectivity index (χ1v) is 5.46. The highest BCUT2D eigenvalue weighted by molar-refractivity contribution is 7.14. The Morgan fingerprint density at radius 3 is 2.71 bits per heavy atom. The van der Waals surface area contributed by atoms with Crippen molar-refractivity contribution in [3.05, 3.63) is 33.8 Å². The van der Waals surface area contributed by atoms with Crippen molar-refractivity contribution in [1.82, 2.24) is 4.98 Å². The zero-order valence-electron chi connectivity index (χ0n) is 7.00. The Labute approximate surface area is 95.3 Å². The Morgan fingerprint density at radius 1 is 1.29 bits per heavy atom. The molecule has 0 amide bonds. The van der Waals surface area contributed by atoms with Gasteiger partial charge in [0, 0.05) is 10.6 Å². The number of nitrogen functional groups attached to an aromatic ring is 1. The van der Waals surface area contributed by atoms with Gasteiger partial charge < -0.3 is 5.73 Å². The van der Waals surface area contributed by atoms with E-state index in [4.69, 9.17) is 28.9 Å². The second-order valence-electron chi connectivity index (χ2n) is 2.69. The fourth-order valence-electron chi connectivity index (χ4n) is 1.14. The number of halogens is 2. The van der Waals surface area contributed by atoms with Crippen molar-refractivity contribution in [2.75, 3.05) is 5.73 Å². The van der Waals surface area contributed by atoms with Gasteiger partial charge in [0.2, 0.25) is 0 Å². The minimum atomic E-state index is 0.604. The van der Waals surface area contributed by atoms with Crippen LogP contribution in [-0.4, -0.2) is 4.98 Å². The molecule has 2 N–H and O–H groups in total. The zero-order chi connectivity index (χ0) is 10.1. The summed E-state index contributed by atoms with van der Waals surface area (Å²) in [5.74, 6) is 0. The monoisotopic (exact) mass is 244 g/mol. The molecule has 0 saturated carbocycles. The third-order valence-electron chi connectivity index (χ3n) is 1.78. The van der Waals surface area contributed by atoms with E-state index in [2.05, 4.69) is 4.98 Å². The normalized spacial score (nSPS) is 10.4.